The van der Waals surface area contributed by atoms with E-state index in [1.807, 2.05) is 24.3 Å². The van der Waals surface area contributed by atoms with Gasteiger partial charge in [0.25, 0.3) is 0 Å². The van der Waals surface area contributed by atoms with Crippen LogP contribution in [0.4, 0.5) is 11.5 Å². The molecule has 0 atom stereocenters. The van der Waals surface area contributed by atoms with Crippen LogP contribution in [0.15, 0.2) is 36.4 Å². The Morgan fingerprint density at radius 2 is 2.03 bits per heavy atom. The van der Waals surface area contributed by atoms with E-state index in [0.29, 0.717) is 19.8 Å². The number of thiophene rings is 1. The second-order valence-electron chi connectivity index (χ2n) is 7.38. The minimum Gasteiger partial charge on any atom is -0.463 e. The third kappa shape index (κ3) is 5.38. The van der Waals surface area contributed by atoms with Crippen LogP contribution >= 0.6 is 22.9 Å². The first-order chi connectivity index (χ1) is 15.5. The molecule has 7 nitrogen and oxygen atoms in total. The van der Waals surface area contributed by atoms with Crippen LogP contribution in [0.1, 0.15) is 17.4 Å². The van der Waals surface area contributed by atoms with Crippen LogP contribution < -0.4 is 9.80 Å². The van der Waals surface area contributed by atoms with E-state index in [2.05, 4.69) is 32.9 Å². The number of rotatable bonds is 7. The number of aromatic nitrogens is 2. The van der Waals surface area contributed by atoms with Gasteiger partial charge in [-0.3, -0.25) is 0 Å². The Morgan fingerprint density at radius 1 is 1.28 bits per heavy atom. The van der Waals surface area contributed by atoms with Gasteiger partial charge in [0.2, 0.25) is 5.28 Å². The van der Waals surface area contributed by atoms with Crippen LogP contribution in [0.2, 0.25) is 5.28 Å². The molecule has 0 aliphatic carbocycles. The van der Waals surface area contributed by atoms with Gasteiger partial charge in [-0.05, 0) is 48.4 Å². The smallest absolute Gasteiger partial charge is 0.330 e. The number of carbonyl (C=O) groups excluding carboxylic acids is 1. The normalized spacial score (nSPS) is 14.3. The number of anilines is 2. The zero-order chi connectivity index (χ0) is 22.5. The monoisotopic (exact) mass is 472 g/mol. The van der Waals surface area contributed by atoms with Crippen LogP contribution in [0.25, 0.3) is 16.3 Å². The van der Waals surface area contributed by atoms with E-state index in [1.54, 1.807) is 24.3 Å². The van der Waals surface area contributed by atoms with Crippen LogP contribution in [0.3, 0.4) is 0 Å². The summed E-state index contributed by atoms with van der Waals surface area (Å²) in [7, 11) is 2.05. The summed E-state index contributed by atoms with van der Waals surface area (Å²) in [5, 5.41) is 0.267. The molecule has 32 heavy (non-hydrogen) atoms. The molecule has 0 unspecified atom stereocenters. The first kappa shape index (κ1) is 22.5. The van der Waals surface area contributed by atoms with E-state index in [9.17, 15) is 4.79 Å². The van der Waals surface area contributed by atoms with Crippen molar-refractivity contribution in [3.8, 4) is 0 Å². The zero-order valence-corrected chi connectivity index (χ0v) is 19.7. The van der Waals surface area contributed by atoms with Gasteiger partial charge < -0.3 is 19.3 Å². The maximum atomic E-state index is 11.5. The van der Waals surface area contributed by atoms with Gasteiger partial charge in [-0.25, -0.2) is 9.78 Å². The Bertz CT molecular complexity index is 1110. The highest BCUT2D eigenvalue weighted by molar-refractivity contribution is 7.19. The number of halogens is 1. The molecule has 0 amide bonds. The lowest BCUT2D eigenvalue weighted by atomic mass is 10.2. The third-order valence-corrected chi connectivity index (χ3v) is 6.39. The van der Waals surface area contributed by atoms with Crippen molar-refractivity contribution < 1.29 is 14.3 Å². The molecule has 0 spiro atoms. The number of morpholine rings is 1. The maximum absolute atomic E-state index is 11.5. The summed E-state index contributed by atoms with van der Waals surface area (Å²) in [5.41, 5.74) is 2.89. The van der Waals surface area contributed by atoms with Crippen molar-refractivity contribution in [2.45, 2.75) is 13.5 Å². The summed E-state index contributed by atoms with van der Waals surface area (Å²) >= 11 is 7.91. The molecule has 168 valence electrons. The summed E-state index contributed by atoms with van der Waals surface area (Å²) < 4.78 is 11.4. The van der Waals surface area contributed by atoms with Crippen molar-refractivity contribution in [3.63, 3.8) is 0 Å². The van der Waals surface area contributed by atoms with Crippen LogP contribution in [0.5, 0.6) is 0 Å². The quantitative estimate of drug-likeness (QED) is 0.287. The van der Waals surface area contributed by atoms with Crippen molar-refractivity contribution in [3.05, 3.63) is 52.1 Å². The predicted molar refractivity (Wildman–Crippen MR) is 130 cm³/mol. The van der Waals surface area contributed by atoms with Gasteiger partial charge in [0.05, 0.1) is 36.6 Å². The first-order valence-corrected chi connectivity index (χ1v) is 11.7. The van der Waals surface area contributed by atoms with E-state index in [4.69, 9.17) is 21.1 Å². The molecular weight excluding hydrogens is 448 g/mol. The Labute approximate surface area is 196 Å². The number of nitrogens with zero attached hydrogens (tertiary/aromatic N) is 4. The summed E-state index contributed by atoms with van der Waals surface area (Å²) in [5.74, 6) is 0.554. The lowest BCUT2D eigenvalue weighted by molar-refractivity contribution is -0.137. The molecular formula is C23H25ClN4O3S. The van der Waals surface area contributed by atoms with Gasteiger partial charge >= 0.3 is 5.97 Å². The van der Waals surface area contributed by atoms with Gasteiger partial charge in [-0.1, -0.05) is 12.1 Å². The molecule has 0 radical (unpaired) electrons. The Hall–Kier alpha value is -2.68. The Morgan fingerprint density at radius 3 is 2.75 bits per heavy atom. The first-order valence-electron chi connectivity index (χ1n) is 10.5. The van der Waals surface area contributed by atoms with Crippen molar-refractivity contribution in [1.29, 1.82) is 0 Å². The van der Waals surface area contributed by atoms with Gasteiger partial charge in [-0.2, -0.15) is 4.98 Å². The Kier molecular flexibility index (Phi) is 7.24. The van der Waals surface area contributed by atoms with Crippen LogP contribution in [0, 0.1) is 0 Å². The van der Waals surface area contributed by atoms with Gasteiger partial charge in [0.15, 0.2) is 5.82 Å². The number of hydrogen-bond donors (Lipinski definition) is 0. The largest absolute Gasteiger partial charge is 0.463 e. The zero-order valence-electron chi connectivity index (χ0n) is 18.1. The average Bonchev–Trinajstić information content (AvgIpc) is 3.20. The van der Waals surface area contributed by atoms with Crippen molar-refractivity contribution >= 4 is 56.7 Å². The van der Waals surface area contributed by atoms with E-state index in [1.165, 1.54) is 11.0 Å². The number of fused-ring (bicyclic) bond motifs is 1. The summed E-state index contributed by atoms with van der Waals surface area (Å²) in [4.78, 5) is 26.0. The molecule has 9 heteroatoms. The molecule has 2 aromatic heterocycles. The number of benzene rings is 1. The van der Waals surface area contributed by atoms with Gasteiger partial charge in [0.1, 0.15) is 0 Å². The second-order valence-corrected chi connectivity index (χ2v) is 8.85. The standard InChI is InChI=1S/C23H25ClN4O3S/c1-3-31-20(29)9-6-16-4-7-17(8-5-16)27(2)15-18-14-19-21(32-18)22(26-23(24)25-19)28-10-12-30-13-11-28/h4-9,14H,3,10-13,15H2,1-2H3. The van der Waals surface area contributed by atoms with Gasteiger partial charge in [0, 0.05) is 36.8 Å². The summed E-state index contributed by atoms with van der Waals surface area (Å²) in [6.07, 6.45) is 3.20. The number of hydrogen-bond acceptors (Lipinski definition) is 8. The number of esters is 1. The molecule has 1 aliphatic heterocycles. The molecule has 1 saturated heterocycles. The highest BCUT2D eigenvalue weighted by atomic mass is 35.5. The fourth-order valence-corrected chi connectivity index (χ4v) is 4.86. The van der Waals surface area contributed by atoms with E-state index < -0.39 is 0 Å². The molecule has 4 rings (SSSR count). The highest BCUT2D eigenvalue weighted by Gasteiger charge is 2.19. The molecule has 0 bridgehead atoms. The molecule has 1 aromatic carbocycles. The predicted octanol–water partition coefficient (Wildman–Crippen LogP) is 4.39. The van der Waals surface area contributed by atoms with E-state index in [0.717, 1.165) is 46.9 Å². The molecule has 0 N–H and O–H groups in total. The Balaban J connectivity index is 1.49. The van der Waals surface area contributed by atoms with E-state index >= 15 is 0 Å². The molecule has 3 heterocycles. The van der Waals surface area contributed by atoms with Crippen molar-refractivity contribution in [1.82, 2.24) is 9.97 Å². The molecule has 1 aliphatic rings. The average molecular weight is 473 g/mol. The molecule has 3 aromatic rings. The fourth-order valence-electron chi connectivity index (χ4n) is 3.52. The molecule has 0 saturated carbocycles. The van der Waals surface area contributed by atoms with Crippen molar-refractivity contribution in [2.24, 2.45) is 0 Å². The highest BCUT2D eigenvalue weighted by Crippen LogP contribution is 2.34. The SMILES string of the molecule is CCOC(=O)C=Cc1ccc(N(C)Cc2cc3nc(Cl)nc(N4CCOCC4)c3s2)cc1. The van der Waals surface area contributed by atoms with Crippen LogP contribution in [-0.4, -0.2) is 55.9 Å². The third-order valence-electron chi connectivity index (χ3n) is 5.11. The van der Waals surface area contributed by atoms with E-state index in [-0.39, 0.29) is 11.3 Å². The van der Waals surface area contributed by atoms with Crippen molar-refractivity contribution in [2.75, 3.05) is 49.8 Å². The van der Waals surface area contributed by atoms with Gasteiger partial charge in [-0.15, -0.1) is 11.3 Å². The maximum Gasteiger partial charge on any atom is 0.330 e. The summed E-state index contributed by atoms with van der Waals surface area (Å²) in [6, 6.07) is 10.1. The second kappa shape index (κ2) is 10.3. The summed E-state index contributed by atoms with van der Waals surface area (Å²) in [6.45, 7) is 5.87. The lowest BCUT2D eigenvalue weighted by Crippen LogP contribution is -2.36. The topological polar surface area (TPSA) is 67.8 Å². The minimum absolute atomic E-state index is 0.267. The molecule has 1 fully saturated rings. The van der Waals surface area contributed by atoms with Crippen LogP contribution in [-0.2, 0) is 20.8 Å². The minimum atomic E-state index is -0.335. The number of ether oxygens (including phenoxy) is 2. The number of carbonyl (C=O) groups is 1. The lowest BCUT2D eigenvalue weighted by Gasteiger charge is -2.28. The fraction of sp³-hybridized carbons (Fsp3) is 0.348.